The molecule has 4 heterocycles. The Morgan fingerprint density at radius 3 is 2.58 bits per heavy atom. The number of hydrogen-bond acceptors (Lipinski definition) is 8. The van der Waals surface area contributed by atoms with E-state index in [4.69, 9.17) is 14.2 Å². The van der Waals surface area contributed by atoms with Crippen molar-refractivity contribution in [3.05, 3.63) is 149 Å². The molecule has 1 aliphatic rings. The Morgan fingerprint density at radius 2 is 1.82 bits per heavy atom. The first-order valence-electron chi connectivity index (χ1n) is 19.7. The number of benzene rings is 4. The van der Waals surface area contributed by atoms with Gasteiger partial charge in [-0.3, -0.25) is 4.68 Å². The molecule has 15 heteroatoms. The molecule has 1 N–H and O–H groups in total. The smallest absolute Gasteiger partial charge is 0.268 e. The fourth-order valence-corrected chi connectivity index (χ4v) is 9.31. The number of aliphatic hydroxyl groups excluding tert-OH is 1. The van der Waals surface area contributed by atoms with Crippen LogP contribution in [-0.2, 0) is 25.9 Å². The van der Waals surface area contributed by atoms with Gasteiger partial charge in [-0.05, 0) is 105 Å². The Balaban J connectivity index is 1.19. The predicted molar refractivity (Wildman–Crippen MR) is 227 cm³/mol. The van der Waals surface area contributed by atoms with E-state index >= 15 is 8.78 Å². The van der Waals surface area contributed by atoms with Crippen LogP contribution >= 0.6 is 15.9 Å². The molecule has 0 saturated carbocycles. The molecule has 7 aromatic rings. The van der Waals surface area contributed by atoms with Gasteiger partial charge in [-0.2, -0.15) is 10.2 Å². The van der Waals surface area contributed by atoms with Crippen LogP contribution in [0.2, 0.25) is 0 Å². The second-order valence-corrected chi connectivity index (χ2v) is 18.1. The maximum Gasteiger partial charge on any atom is 0.268 e. The lowest BCUT2D eigenvalue weighted by atomic mass is 10.0. The summed E-state index contributed by atoms with van der Waals surface area (Å²) in [5, 5.41) is 19.4. The quantitative estimate of drug-likeness (QED) is 0.108. The molecule has 11 nitrogen and oxygen atoms in total. The third-order valence-corrected chi connectivity index (χ3v) is 12.9. The van der Waals surface area contributed by atoms with Gasteiger partial charge in [0.05, 0.1) is 40.6 Å². The van der Waals surface area contributed by atoms with Crippen molar-refractivity contribution in [1.82, 2.24) is 23.5 Å². The predicted octanol–water partition coefficient (Wildman–Crippen LogP) is 9.83. The van der Waals surface area contributed by atoms with Crippen molar-refractivity contribution in [2.75, 3.05) is 19.8 Å². The fraction of sp³-hybridized carbons (Fsp3) is 0.289. The van der Waals surface area contributed by atoms with E-state index in [9.17, 15) is 13.5 Å². The molecule has 8 rings (SSSR count). The highest BCUT2D eigenvalue weighted by atomic mass is 79.9. The van der Waals surface area contributed by atoms with Crippen LogP contribution in [0.25, 0.3) is 22.2 Å². The van der Waals surface area contributed by atoms with E-state index in [0.717, 1.165) is 44.9 Å². The summed E-state index contributed by atoms with van der Waals surface area (Å²) < 4.78 is 84.1. The van der Waals surface area contributed by atoms with Crippen molar-refractivity contribution in [2.24, 2.45) is 0 Å². The van der Waals surface area contributed by atoms with Crippen LogP contribution in [0.4, 0.5) is 8.78 Å². The van der Waals surface area contributed by atoms with E-state index in [1.165, 1.54) is 36.5 Å². The van der Waals surface area contributed by atoms with Gasteiger partial charge < -0.3 is 19.3 Å². The van der Waals surface area contributed by atoms with Crippen LogP contribution in [0.3, 0.4) is 0 Å². The monoisotopic (exact) mass is 899 g/mol. The van der Waals surface area contributed by atoms with Crippen molar-refractivity contribution in [2.45, 2.75) is 68.7 Å². The molecule has 0 spiro atoms. The molecule has 0 bridgehead atoms. The van der Waals surface area contributed by atoms with Crippen molar-refractivity contribution < 1.29 is 36.5 Å². The van der Waals surface area contributed by atoms with Gasteiger partial charge >= 0.3 is 0 Å². The first kappa shape index (κ1) is 41.5. The topological polar surface area (TPSA) is 123 Å². The third-order valence-electron chi connectivity index (χ3n) is 10.7. The second-order valence-electron chi connectivity index (χ2n) is 15.4. The molecule has 2 atom stereocenters. The molecule has 0 aliphatic carbocycles. The summed E-state index contributed by atoms with van der Waals surface area (Å²) >= 11 is 3.57. The van der Waals surface area contributed by atoms with Crippen molar-refractivity contribution in [1.29, 1.82) is 0 Å². The molecule has 312 valence electrons. The first-order chi connectivity index (χ1) is 28.9. The van der Waals surface area contributed by atoms with E-state index in [0.29, 0.717) is 29.7 Å². The zero-order valence-electron chi connectivity index (χ0n) is 33.0. The zero-order chi connectivity index (χ0) is 42.0. The van der Waals surface area contributed by atoms with Gasteiger partial charge in [-0.1, -0.05) is 46.3 Å². The number of aromatic nitrogens is 5. The summed E-state index contributed by atoms with van der Waals surface area (Å²) in [6.45, 7) is 4.35. The normalized spacial score (nSPS) is 15.4. The highest BCUT2D eigenvalue weighted by Gasteiger charge is 2.27. The average Bonchev–Trinajstić information content (AvgIpc) is 4.03. The minimum atomic E-state index is -4.09. The molecule has 1 aliphatic heterocycles. The molecule has 0 amide bonds. The Hall–Kier alpha value is -5.19. The first-order valence-corrected chi connectivity index (χ1v) is 21.9. The number of halogens is 3. The molecule has 1 saturated heterocycles. The van der Waals surface area contributed by atoms with Crippen LogP contribution in [0.5, 0.6) is 11.5 Å². The van der Waals surface area contributed by atoms with Crippen LogP contribution < -0.4 is 4.74 Å². The van der Waals surface area contributed by atoms with E-state index in [-0.39, 0.29) is 53.3 Å². The largest absolute Gasteiger partial charge is 0.454 e. The Kier molecular flexibility index (Phi) is 12.1. The number of ether oxygens (including phenoxy) is 3. The van der Waals surface area contributed by atoms with Crippen molar-refractivity contribution in [3.63, 3.8) is 0 Å². The summed E-state index contributed by atoms with van der Waals surface area (Å²) in [5.41, 5.74) is 2.00. The lowest BCUT2D eigenvalue weighted by Gasteiger charge is -2.26. The van der Waals surface area contributed by atoms with E-state index < -0.39 is 33.3 Å². The highest BCUT2D eigenvalue weighted by Crippen LogP contribution is 2.40. The molecule has 0 radical (unpaired) electrons. The molecular weight excluding hydrogens is 856 g/mol. The number of nitrogens with zero attached hydrogens (tertiary/aromatic N) is 5. The number of hydrogen-bond donors (Lipinski definition) is 1. The van der Waals surface area contributed by atoms with Gasteiger partial charge in [0.2, 0.25) is 0 Å². The lowest BCUT2D eigenvalue weighted by molar-refractivity contribution is -0.0564. The van der Waals surface area contributed by atoms with Crippen LogP contribution in [0.1, 0.15) is 68.5 Å². The zero-order valence-corrected chi connectivity index (χ0v) is 35.5. The summed E-state index contributed by atoms with van der Waals surface area (Å²) in [6.07, 6.45) is 9.69. The average molecular weight is 901 g/mol. The van der Waals surface area contributed by atoms with E-state index in [1.807, 2.05) is 30.5 Å². The minimum absolute atomic E-state index is 0.0558. The van der Waals surface area contributed by atoms with E-state index in [1.54, 1.807) is 65.9 Å². The summed E-state index contributed by atoms with van der Waals surface area (Å²) in [4.78, 5) is 0.0558. The Labute approximate surface area is 355 Å². The Morgan fingerprint density at radius 1 is 0.983 bits per heavy atom. The third kappa shape index (κ3) is 8.68. The summed E-state index contributed by atoms with van der Waals surface area (Å²) in [7, 11) is -4.09. The summed E-state index contributed by atoms with van der Waals surface area (Å²) in [6, 6.07) is 24.0. The second kappa shape index (κ2) is 17.4. The molecule has 2 unspecified atom stereocenters. The molecule has 4 aromatic carbocycles. The minimum Gasteiger partial charge on any atom is -0.454 e. The van der Waals surface area contributed by atoms with Crippen molar-refractivity contribution >= 4 is 36.9 Å². The highest BCUT2D eigenvalue weighted by molar-refractivity contribution is 9.10. The maximum absolute atomic E-state index is 16.7. The van der Waals surface area contributed by atoms with Crippen LogP contribution in [-0.4, -0.2) is 62.5 Å². The van der Waals surface area contributed by atoms with Gasteiger partial charge in [-0.15, -0.1) is 0 Å². The molecule has 1 fully saturated rings. The number of aliphatic hydroxyl groups is 1. The standard InChI is InChI=1S/C45H44BrF2N5O6S/c1-45(2,29-54)58-22-18-40(31-9-8-10-32(46)24-31)53-41(16-19-49-53)37-25-33(14-15-38(37)47)59-44-36(23-30-27-50-51(28-30)43-13-6-7-21-57-43)35-17-20-52(42(35)26-39(44)48)60(55,56)34-11-4-3-5-12-34/h3-5,8-12,14-17,19-20,24-28,40,43,54H,6-7,13,18,21-23,29H2,1-2H3. The van der Waals surface area contributed by atoms with Gasteiger partial charge in [0.1, 0.15) is 17.8 Å². The Bertz CT molecular complexity index is 2730. The van der Waals surface area contributed by atoms with Crippen LogP contribution in [0.15, 0.2) is 125 Å². The van der Waals surface area contributed by atoms with Crippen LogP contribution in [0, 0.1) is 11.6 Å². The molecule has 60 heavy (non-hydrogen) atoms. The van der Waals surface area contributed by atoms with Gasteiger partial charge in [0.15, 0.2) is 11.6 Å². The van der Waals surface area contributed by atoms with Gasteiger partial charge in [0, 0.05) is 65.3 Å². The van der Waals surface area contributed by atoms with Crippen molar-refractivity contribution in [3.8, 4) is 22.8 Å². The maximum atomic E-state index is 16.7. The molecular formula is C45H44BrF2N5O6S. The van der Waals surface area contributed by atoms with Gasteiger partial charge in [-0.25, -0.2) is 25.9 Å². The molecule has 3 aromatic heterocycles. The van der Waals surface area contributed by atoms with E-state index in [2.05, 4.69) is 26.1 Å². The summed E-state index contributed by atoms with van der Waals surface area (Å²) in [5.74, 6) is -1.35. The SMILES string of the molecule is CC(C)(CO)OCCC(c1cccc(Br)c1)n1nccc1-c1cc(Oc2c(F)cc3c(ccn3S(=O)(=O)c3ccccc3)c2Cc2cnn(C3CCCCO3)c2)ccc1F. The van der Waals surface area contributed by atoms with Gasteiger partial charge in [0.25, 0.3) is 10.0 Å². The fourth-order valence-electron chi connectivity index (χ4n) is 7.53. The number of fused-ring (bicyclic) bond motifs is 1. The number of rotatable bonds is 15. The lowest BCUT2D eigenvalue weighted by Crippen LogP contribution is -2.30.